The molecule has 0 unspecified atom stereocenters. The minimum atomic E-state index is 0.0961. The van der Waals surface area contributed by atoms with Crippen LogP contribution in [0.25, 0.3) is 0 Å². The number of aromatic nitrogens is 3. The second kappa shape index (κ2) is 6.47. The highest BCUT2D eigenvalue weighted by atomic mass is 16.5. The van der Waals surface area contributed by atoms with E-state index in [1.165, 1.54) is 11.1 Å². The lowest BCUT2D eigenvalue weighted by atomic mass is 9.93. The molecule has 0 saturated heterocycles. The van der Waals surface area contributed by atoms with E-state index in [1.54, 1.807) is 0 Å². The maximum absolute atomic E-state index is 5.84. The summed E-state index contributed by atoms with van der Waals surface area (Å²) in [4.78, 5) is 4.34. The topological polar surface area (TPSA) is 78.0 Å². The first kappa shape index (κ1) is 15.5. The van der Waals surface area contributed by atoms with Gasteiger partial charge in [-0.3, -0.25) is 0 Å². The third-order valence-corrected chi connectivity index (χ3v) is 4.48. The van der Waals surface area contributed by atoms with Crippen LogP contribution < -0.4 is 15.8 Å². The second-order valence-corrected chi connectivity index (χ2v) is 6.10. The second-order valence-electron chi connectivity index (χ2n) is 6.10. The number of nitrogens with zero attached hydrogens (tertiary/aromatic N) is 3. The summed E-state index contributed by atoms with van der Waals surface area (Å²) in [5.74, 6) is 1.88. The molecule has 3 aromatic rings. The molecule has 2 aromatic carbocycles. The van der Waals surface area contributed by atoms with E-state index in [9.17, 15) is 0 Å². The van der Waals surface area contributed by atoms with Crippen LogP contribution in [0.3, 0.4) is 0 Å². The normalized spacial score (nSPS) is 19.1. The number of nitrogens with one attached hydrogen (secondary N) is 1. The molecule has 0 bridgehead atoms. The van der Waals surface area contributed by atoms with E-state index in [0.29, 0.717) is 12.6 Å². The molecule has 1 aliphatic rings. The molecule has 6 heteroatoms. The van der Waals surface area contributed by atoms with Crippen LogP contribution in [0.15, 0.2) is 54.6 Å². The molecule has 4 rings (SSSR count). The van der Waals surface area contributed by atoms with Gasteiger partial charge in [0.25, 0.3) is 0 Å². The van der Waals surface area contributed by atoms with E-state index >= 15 is 0 Å². The molecule has 1 aliphatic heterocycles. The minimum absolute atomic E-state index is 0.0961. The Morgan fingerprint density at radius 1 is 1.12 bits per heavy atom. The maximum atomic E-state index is 5.84. The Balaban J connectivity index is 1.67. The highest BCUT2D eigenvalue weighted by Crippen LogP contribution is 2.38. The summed E-state index contributed by atoms with van der Waals surface area (Å²) in [6.45, 7) is 2.65. The number of hydrogen-bond donors (Lipinski definition) is 2. The Morgan fingerprint density at radius 3 is 2.60 bits per heavy atom. The molecule has 0 amide bonds. The first-order chi connectivity index (χ1) is 12.2. The van der Waals surface area contributed by atoms with Gasteiger partial charge in [0.1, 0.15) is 5.75 Å². The predicted molar refractivity (Wildman–Crippen MR) is 97.6 cm³/mol. The number of anilines is 2. The first-order valence-electron chi connectivity index (χ1n) is 8.51. The average molecular weight is 335 g/mol. The van der Waals surface area contributed by atoms with Crippen molar-refractivity contribution in [3.63, 3.8) is 0 Å². The van der Waals surface area contributed by atoms with E-state index < -0.39 is 0 Å². The van der Waals surface area contributed by atoms with Gasteiger partial charge in [0, 0.05) is 0 Å². The fourth-order valence-corrected chi connectivity index (χ4v) is 3.33. The summed E-state index contributed by atoms with van der Waals surface area (Å²) in [5.41, 5.74) is 8.23. The molecule has 3 N–H and O–H groups in total. The number of benzene rings is 2. The molecule has 6 nitrogen and oxygen atoms in total. The van der Waals surface area contributed by atoms with Crippen LogP contribution in [0.5, 0.6) is 5.75 Å². The standard InChI is InChI=1S/C19H21N5O/c1-2-25-15-10-8-13(9-11-15)16-12-17(14-6-4-3-5-7-14)24-19(21-16)22-18(20)23-24/h3-11,16-17H,2,12H2,1H3,(H3,20,21,22,23)/t16-,17-/m0/s1. The molecule has 1 aromatic heterocycles. The van der Waals surface area contributed by atoms with Gasteiger partial charge >= 0.3 is 0 Å². The van der Waals surface area contributed by atoms with Crippen LogP contribution in [-0.4, -0.2) is 21.4 Å². The van der Waals surface area contributed by atoms with Crippen molar-refractivity contribution in [2.45, 2.75) is 25.4 Å². The van der Waals surface area contributed by atoms with E-state index in [4.69, 9.17) is 10.5 Å². The van der Waals surface area contributed by atoms with Gasteiger partial charge in [-0.05, 0) is 36.6 Å². The van der Waals surface area contributed by atoms with Crippen molar-refractivity contribution in [2.24, 2.45) is 0 Å². The van der Waals surface area contributed by atoms with Gasteiger partial charge in [0.15, 0.2) is 0 Å². The molecular weight excluding hydrogens is 314 g/mol. The number of nitrogens with two attached hydrogens (primary N) is 1. The highest BCUT2D eigenvalue weighted by molar-refractivity contribution is 5.42. The Hall–Kier alpha value is -3.02. The van der Waals surface area contributed by atoms with Crippen LogP contribution in [0.4, 0.5) is 11.9 Å². The van der Waals surface area contributed by atoms with Gasteiger partial charge in [-0.1, -0.05) is 42.5 Å². The summed E-state index contributed by atoms with van der Waals surface area (Å²) < 4.78 is 7.42. The van der Waals surface area contributed by atoms with Crippen LogP contribution in [0.2, 0.25) is 0 Å². The van der Waals surface area contributed by atoms with Crippen molar-refractivity contribution >= 4 is 11.9 Å². The van der Waals surface area contributed by atoms with Crippen LogP contribution in [-0.2, 0) is 0 Å². The van der Waals surface area contributed by atoms with E-state index in [2.05, 4.69) is 39.7 Å². The Bertz CT molecular complexity index is 844. The van der Waals surface area contributed by atoms with Crippen LogP contribution >= 0.6 is 0 Å². The van der Waals surface area contributed by atoms with Crippen molar-refractivity contribution in [3.05, 3.63) is 65.7 Å². The zero-order chi connectivity index (χ0) is 17.2. The Morgan fingerprint density at radius 2 is 1.88 bits per heavy atom. The summed E-state index contributed by atoms with van der Waals surface area (Å²) in [5, 5.41) is 7.83. The predicted octanol–water partition coefficient (Wildman–Crippen LogP) is 3.41. The van der Waals surface area contributed by atoms with E-state index in [-0.39, 0.29) is 18.0 Å². The fourth-order valence-electron chi connectivity index (χ4n) is 3.33. The molecule has 25 heavy (non-hydrogen) atoms. The molecule has 0 radical (unpaired) electrons. The lowest BCUT2D eigenvalue weighted by molar-refractivity contribution is 0.340. The van der Waals surface area contributed by atoms with Gasteiger partial charge in [0.05, 0.1) is 18.7 Å². The largest absolute Gasteiger partial charge is 0.494 e. The lowest BCUT2D eigenvalue weighted by Crippen LogP contribution is -2.28. The van der Waals surface area contributed by atoms with Gasteiger partial charge in [0.2, 0.25) is 11.9 Å². The van der Waals surface area contributed by atoms with Crippen molar-refractivity contribution in [1.82, 2.24) is 14.8 Å². The van der Waals surface area contributed by atoms with Gasteiger partial charge < -0.3 is 15.8 Å². The number of hydrogen-bond acceptors (Lipinski definition) is 5. The number of ether oxygens (including phenoxy) is 1. The molecule has 2 heterocycles. The zero-order valence-electron chi connectivity index (χ0n) is 14.1. The summed E-state index contributed by atoms with van der Waals surface area (Å²) in [6.07, 6.45) is 0.869. The zero-order valence-corrected chi connectivity index (χ0v) is 14.1. The van der Waals surface area contributed by atoms with Crippen LogP contribution in [0, 0.1) is 0 Å². The van der Waals surface area contributed by atoms with Crippen molar-refractivity contribution in [2.75, 3.05) is 17.7 Å². The number of fused-ring (bicyclic) bond motifs is 1. The summed E-state index contributed by atoms with van der Waals surface area (Å²) in [6, 6.07) is 18.8. The van der Waals surface area contributed by atoms with Gasteiger partial charge in [-0.25, -0.2) is 4.68 Å². The van der Waals surface area contributed by atoms with Crippen LogP contribution in [0.1, 0.15) is 36.6 Å². The van der Waals surface area contributed by atoms with E-state index in [0.717, 1.165) is 12.2 Å². The highest BCUT2D eigenvalue weighted by Gasteiger charge is 2.30. The molecular formula is C19H21N5O. The van der Waals surface area contributed by atoms with Gasteiger partial charge in [-0.2, -0.15) is 4.98 Å². The summed E-state index contributed by atoms with van der Waals surface area (Å²) in [7, 11) is 0. The monoisotopic (exact) mass is 335 g/mol. The third-order valence-electron chi connectivity index (χ3n) is 4.48. The average Bonchev–Trinajstić information content (AvgIpc) is 3.02. The first-order valence-corrected chi connectivity index (χ1v) is 8.51. The van der Waals surface area contributed by atoms with Gasteiger partial charge in [-0.15, -0.1) is 5.10 Å². The van der Waals surface area contributed by atoms with Crippen molar-refractivity contribution < 1.29 is 4.74 Å². The smallest absolute Gasteiger partial charge is 0.241 e. The molecule has 0 spiro atoms. The molecule has 0 aliphatic carbocycles. The SMILES string of the molecule is CCOc1ccc([C@@H]2C[C@@H](c3ccccc3)n3nc(N)nc3N2)cc1. The molecule has 128 valence electrons. The molecule has 2 atom stereocenters. The third kappa shape index (κ3) is 3.03. The quantitative estimate of drug-likeness (QED) is 0.764. The number of nitrogen functional groups attached to an aromatic ring is 1. The molecule has 0 fully saturated rings. The molecule has 0 saturated carbocycles. The Labute approximate surface area is 146 Å². The fraction of sp³-hybridized carbons (Fsp3) is 0.263. The maximum Gasteiger partial charge on any atom is 0.241 e. The van der Waals surface area contributed by atoms with Crippen molar-refractivity contribution in [3.8, 4) is 5.75 Å². The van der Waals surface area contributed by atoms with Crippen molar-refractivity contribution in [1.29, 1.82) is 0 Å². The van der Waals surface area contributed by atoms with E-state index in [1.807, 2.05) is 41.9 Å². The number of rotatable bonds is 4. The lowest BCUT2D eigenvalue weighted by Gasteiger charge is -2.31. The minimum Gasteiger partial charge on any atom is -0.494 e. The Kier molecular flexibility index (Phi) is 4.01. The summed E-state index contributed by atoms with van der Waals surface area (Å²) >= 11 is 0.